The van der Waals surface area contributed by atoms with E-state index in [4.69, 9.17) is 5.11 Å². The molecule has 1 aliphatic rings. The fourth-order valence-corrected chi connectivity index (χ4v) is 1.93. The normalized spacial score (nSPS) is 29.8. The third kappa shape index (κ3) is 1.92. The molecule has 1 saturated heterocycles. The molecular formula is C11H21NO2. The van der Waals surface area contributed by atoms with Gasteiger partial charge in [0.1, 0.15) is 0 Å². The van der Waals surface area contributed by atoms with Crippen molar-refractivity contribution in [3.8, 4) is 0 Å². The van der Waals surface area contributed by atoms with Crippen molar-refractivity contribution in [3.05, 3.63) is 0 Å². The summed E-state index contributed by atoms with van der Waals surface area (Å²) in [6.07, 6.45) is 1.43. The number of amides is 1. The number of aliphatic hydroxyl groups is 1. The monoisotopic (exact) mass is 199 g/mol. The molecule has 1 rings (SSSR count). The highest BCUT2D eigenvalue weighted by Crippen LogP contribution is 2.41. The predicted octanol–water partition coefficient (Wildman–Crippen LogP) is 1.31. The van der Waals surface area contributed by atoms with Crippen molar-refractivity contribution in [3.63, 3.8) is 0 Å². The van der Waals surface area contributed by atoms with Gasteiger partial charge in [0, 0.05) is 18.1 Å². The van der Waals surface area contributed by atoms with Gasteiger partial charge in [0.25, 0.3) is 0 Å². The minimum atomic E-state index is -0.157. The van der Waals surface area contributed by atoms with Gasteiger partial charge >= 0.3 is 0 Å². The first-order chi connectivity index (χ1) is 6.30. The van der Waals surface area contributed by atoms with Crippen LogP contribution < -0.4 is 5.32 Å². The Balaban J connectivity index is 2.78. The fraction of sp³-hybridized carbons (Fsp3) is 0.909. The van der Waals surface area contributed by atoms with Crippen molar-refractivity contribution in [1.82, 2.24) is 5.32 Å². The van der Waals surface area contributed by atoms with E-state index in [1.54, 1.807) is 0 Å². The minimum absolute atomic E-state index is 0.0250. The lowest BCUT2D eigenvalue weighted by Crippen LogP contribution is -2.60. The highest BCUT2D eigenvalue weighted by Gasteiger charge is 2.45. The maximum Gasteiger partial charge on any atom is 0.223 e. The van der Waals surface area contributed by atoms with Crippen molar-refractivity contribution in [2.24, 2.45) is 11.3 Å². The average Bonchev–Trinajstić information content (AvgIpc) is 1.99. The molecule has 0 spiro atoms. The van der Waals surface area contributed by atoms with Crippen molar-refractivity contribution < 1.29 is 9.90 Å². The van der Waals surface area contributed by atoms with Crippen LogP contribution in [0.4, 0.5) is 0 Å². The molecule has 0 radical (unpaired) electrons. The molecule has 0 saturated carbocycles. The van der Waals surface area contributed by atoms with Crippen LogP contribution in [0, 0.1) is 11.3 Å². The van der Waals surface area contributed by atoms with E-state index >= 15 is 0 Å². The molecule has 1 amide bonds. The third-order valence-corrected chi connectivity index (χ3v) is 3.73. The zero-order valence-corrected chi connectivity index (χ0v) is 9.55. The summed E-state index contributed by atoms with van der Waals surface area (Å²) >= 11 is 0. The largest absolute Gasteiger partial charge is 0.396 e. The Labute approximate surface area is 85.9 Å². The first-order valence-corrected chi connectivity index (χ1v) is 5.23. The highest BCUT2D eigenvalue weighted by molar-refractivity contribution is 5.80. The van der Waals surface area contributed by atoms with Crippen LogP contribution in [0.25, 0.3) is 0 Å². The van der Waals surface area contributed by atoms with Gasteiger partial charge in [0.15, 0.2) is 0 Å². The lowest BCUT2D eigenvalue weighted by atomic mass is 9.65. The van der Waals surface area contributed by atoms with Gasteiger partial charge in [-0.25, -0.2) is 0 Å². The van der Waals surface area contributed by atoms with E-state index in [1.807, 2.05) is 0 Å². The SMILES string of the molecule is CC1(C)CC(CCO)C(=O)NC1(C)C. The van der Waals surface area contributed by atoms with Gasteiger partial charge in [0.05, 0.1) is 0 Å². The van der Waals surface area contributed by atoms with Crippen LogP contribution in [-0.4, -0.2) is 23.2 Å². The van der Waals surface area contributed by atoms with Gasteiger partial charge in [0.2, 0.25) is 5.91 Å². The first-order valence-electron chi connectivity index (χ1n) is 5.23. The summed E-state index contributed by atoms with van der Waals surface area (Å²) in [6, 6.07) is 0. The molecule has 0 aromatic heterocycles. The fourth-order valence-electron chi connectivity index (χ4n) is 1.93. The van der Waals surface area contributed by atoms with Crippen LogP contribution >= 0.6 is 0 Å². The number of rotatable bonds is 2. The lowest BCUT2D eigenvalue weighted by molar-refractivity contribution is -0.135. The summed E-state index contributed by atoms with van der Waals surface area (Å²) in [5.74, 6) is 0.0615. The van der Waals surface area contributed by atoms with Crippen molar-refractivity contribution in [1.29, 1.82) is 0 Å². The number of nitrogens with one attached hydrogen (secondary N) is 1. The lowest BCUT2D eigenvalue weighted by Gasteiger charge is -2.48. The summed E-state index contributed by atoms with van der Waals surface area (Å²) < 4.78 is 0. The van der Waals surface area contributed by atoms with Crippen LogP contribution in [0.3, 0.4) is 0 Å². The van der Waals surface area contributed by atoms with E-state index in [0.29, 0.717) is 6.42 Å². The zero-order chi connectivity index (χ0) is 11.0. The van der Waals surface area contributed by atoms with Crippen LogP contribution in [0.1, 0.15) is 40.5 Å². The molecule has 14 heavy (non-hydrogen) atoms. The summed E-state index contributed by atoms with van der Waals surface area (Å²) in [5, 5.41) is 11.9. The molecule has 0 aromatic carbocycles. The van der Waals surface area contributed by atoms with E-state index in [9.17, 15) is 4.79 Å². The molecule has 1 aliphatic heterocycles. The molecule has 1 atom stereocenters. The Morgan fingerprint density at radius 1 is 1.43 bits per heavy atom. The van der Waals surface area contributed by atoms with Crippen molar-refractivity contribution in [2.75, 3.05) is 6.61 Å². The Bertz CT molecular complexity index is 233. The second kappa shape index (κ2) is 3.54. The summed E-state index contributed by atoms with van der Waals surface area (Å²) in [5.41, 5.74) is -0.0726. The van der Waals surface area contributed by atoms with Gasteiger partial charge in [-0.2, -0.15) is 0 Å². The molecule has 0 bridgehead atoms. The topological polar surface area (TPSA) is 49.3 Å². The van der Waals surface area contributed by atoms with Crippen LogP contribution in [0.15, 0.2) is 0 Å². The van der Waals surface area contributed by atoms with E-state index in [0.717, 1.165) is 6.42 Å². The highest BCUT2D eigenvalue weighted by atomic mass is 16.3. The van der Waals surface area contributed by atoms with E-state index in [1.165, 1.54) is 0 Å². The maximum atomic E-state index is 11.7. The third-order valence-electron chi connectivity index (χ3n) is 3.73. The van der Waals surface area contributed by atoms with Gasteiger partial charge in [-0.15, -0.1) is 0 Å². The number of carbonyl (C=O) groups is 1. The molecule has 3 nitrogen and oxygen atoms in total. The van der Waals surface area contributed by atoms with Gasteiger partial charge in [-0.05, 0) is 32.1 Å². The summed E-state index contributed by atoms with van der Waals surface area (Å²) in [6.45, 7) is 8.53. The number of carbonyl (C=O) groups excluding carboxylic acids is 1. The number of hydrogen-bond donors (Lipinski definition) is 2. The second-order valence-electron chi connectivity index (χ2n) is 5.41. The van der Waals surface area contributed by atoms with Crippen LogP contribution in [0.2, 0.25) is 0 Å². The molecule has 1 unspecified atom stereocenters. The van der Waals surface area contributed by atoms with E-state index < -0.39 is 0 Å². The summed E-state index contributed by atoms with van der Waals surface area (Å²) in [4.78, 5) is 11.7. The molecular weight excluding hydrogens is 178 g/mol. The van der Waals surface area contributed by atoms with Crippen LogP contribution in [0.5, 0.6) is 0 Å². The average molecular weight is 199 g/mol. The Hall–Kier alpha value is -0.570. The number of piperidine rings is 1. The van der Waals surface area contributed by atoms with Crippen molar-refractivity contribution >= 4 is 5.91 Å². The molecule has 0 aliphatic carbocycles. The molecule has 1 heterocycles. The molecule has 82 valence electrons. The molecule has 2 N–H and O–H groups in total. The predicted molar refractivity (Wildman–Crippen MR) is 55.8 cm³/mol. The Morgan fingerprint density at radius 3 is 2.50 bits per heavy atom. The standard InChI is InChI=1S/C11H21NO2/c1-10(2)7-8(5-6-13)9(14)12-11(10,3)4/h8,13H,5-7H2,1-4H3,(H,12,14). The van der Waals surface area contributed by atoms with E-state index in [-0.39, 0.29) is 29.4 Å². The van der Waals surface area contributed by atoms with Gasteiger partial charge in [-0.1, -0.05) is 13.8 Å². The zero-order valence-electron chi connectivity index (χ0n) is 9.55. The first kappa shape index (κ1) is 11.5. The summed E-state index contributed by atoms with van der Waals surface area (Å²) in [7, 11) is 0. The molecule has 3 heteroatoms. The second-order valence-corrected chi connectivity index (χ2v) is 5.41. The Morgan fingerprint density at radius 2 is 2.00 bits per heavy atom. The van der Waals surface area contributed by atoms with Crippen LogP contribution in [-0.2, 0) is 4.79 Å². The van der Waals surface area contributed by atoms with Gasteiger partial charge in [-0.3, -0.25) is 4.79 Å². The van der Waals surface area contributed by atoms with Gasteiger partial charge < -0.3 is 10.4 Å². The van der Waals surface area contributed by atoms with E-state index in [2.05, 4.69) is 33.0 Å². The maximum absolute atomic E-state index is 11.7. The number of hydrogen-bond acceptors (Lipinski definition) is 2. The van der Waals surface area contributed by atoms with Crippen molar-refractivity contribution in [2.45, 2.75) is 46.1 Å². The minimum Gasteiger partial charge on any atom is -0.396 e. The molecule has 0 aromatic rings. The Kier molecular flexibility index (Phi) is 2.91. The quantitative estimate of drug-likeness (QED) is 0.704. The number of aliphatic hydroxyl groups excluding tert-OH is 1. The smallest absolute Gasteiger partial charge is 0.223 e. The molecule has 1 fully saturated rings.